The van der Waals surface area contributed by atoms with E-state index in [4.69, 9.17) is 9.47 Å². The number of aromatic amines is 1. The summed E-state index contributed by atoms with van der Waals surface area (Å²) < 4.78 is 9.87. The number of imidazole rings is 1. The second kappa shape index (κ2) is 9.31. The molecule has 30 heavy (non-hydrogen) atoms. The number of fused-ring (bicyclic) bond motifs is 1. The lowest BCUT2D eigenvalue weighted by atomic mass is 10.1. The van der Waals surface area contributed by atoms with E-state index in [0.29, 0.717) is 10.7 Å². The Hall–Kier alpha value is -2.85. The van der Waals surface area contributed by atoms with Crippen LogP contribution in [0.3, 0.4) is 0 Å². The van der Waals surface area contributed by atoms with E-state index in [9.17, 15) is 14.4 Å². The molecule has 1 aromatic carbocycles. The fourth-order valence-electron chi connectivity index (χ4n) is 2.76. The van der Waals surface area contributed by atoms with Crippen molar-refractivity contribution >= 4 is 57.0 Å². The maximum Gasteiger partial charge on any atom is 0.348 e. The minimum Gasteiger partial charge on any atom is -0.465 e. The topological polar surface area (TPSA) is 110 Å². The number of hydrogen-bond donors (Lipinski definition) is 2. The number of para-hydroxylation sites is 2. The molecule has 2 N–H and O–H groups in total. The third-order valence-corrected chi connectivity index (χ3v) is 6.43. The number of carbonyl (C=O) groups excluding carboxylic acids is 3. The van der Waals surface area contributed by atoms with Crippen molar-refractivity contribution in [1.29, 1.82) is 0 Å². The lowest BCUT2D eigenvalue weighted by Crippen LogP contribution is -2.23. The van der Waals surface area contributed by atoms with Crippen LogP contribution in [-0.4, -0.2) is 46.8 Å². The number of methoxy groups -OCH3 is 1. The second-order valence-corrected chi connectivity index (χ2v) is 8.63. The molecule has 1 atom stereocenters. The minimum absolute atomic E-state index is 0.153. The van der Waals surface area contributed by atoms with Crippen LogP contribution in [0.5, 0.6) is 0 Å². The number of thiophene rings is 1. The van der Waals surface area contributed by atoms with Gasteiger partial charge in [-0.25, -0.2) is 14.6 Å². The van der Waals surface area contributed by atoms with E-state index in [-0.39, 0.29) is 28.0 Å². The number of thioether (sulfide) groups is 1. The van der Waals surface area contributed by atoms with E-state index < -0.39 is 17.2 Å². The average Bonchev–Trinajstić information content (AvgIpc) is 3.27. The monoisotopic (exact) mass is 447 g/mol. The van der Waals surface area contributed by atoms with Gasteiger partial charge in [0, 0.05) is 0 Å². The summed E-state index contributed by atoms with van der Waals surface area (Å²) in [4.78, 5) is 45.1. The highest BCUT2D eigenvalue weighted by molar-refractivity contribution is 8.00. The van der Waals surface area contributed by atoms with Crippen molar-refractivity contribution in [2.24, 2.45) is 0 Å². The van der Waals surface area contributed by atoms with Gasteiger partial charge in [-0.3, -0.25) is 4.79 Å². The predicted molar refractivity (Wildman–Crippen MR) is 116 cm³/mol. The van der Waals surface area contributed by atoms with Crippen LogP contribution < -0.4 is 5.32 Å². The molecule has 0 fully saturated rings. The smallest absolute Gasteiger partial charge is 0.348 e. The van der Waals surface area contributed by atoms with E-state index in [1.807, 2.05) is 24.3 Å². The van der Waals surface area contributed by atoms with Crippen LogP contribution in [0, 0.1) is 6.92 Å². The van der Waals surface area contributed by atoms with Crippen LogP contribution in [0.2, 0.25) is 0 Å². The highest BCUT2D eigenvalue weighted by Crippen LogP contribution is 2.35. The zero-order valence-corrected chi connectivity index (χ0v) is 18.5. The SMILES string of the molecule is CCOC(=O)c1sc(NC(=O)C(C)Sc2nc3ccccc3[nH]2)c(C(=O)OC)c1C. The number of anilines is 1. The number of esters is 2. The molecule has 0 saturated heterocycles. The summed E-state index contributed by atoms with van der Waals surface area (Å²) in [5.41, 5.74) is 2.26. The van der Waals surface area contributed by atoms with E-state index >= 15 is 0 Å². The van der Waals surface area contributed by atoms with Gasteiger partial charge in [0.25, 0.3) is 0 Å². The summed E-state index contributed by atoms with van der Waals surface area (Å²) in [6.45, 7) is 5.26. The van der Waals surface area contributed by atoms with Gasteiger partial charge in [-0.15, -0.1) is 11.3 Å². The molecular weight excluding hydrogens is 426 g/mol. The molecule has 2 heterocycles. The standard InChI is InChI=1S/C20H21N3O5S2/c1-5-28-19(26)15-10(2)14(18(25)27-4)17(30-15)23-16(24)11(3)29-20-21-12-8-6-7-9-13(12)22-20/h6-9,11H,5H2,1-4H3,(H,21,22)(H,23,24). The van der Waals surface area contributed by atoms with Crippen LogP contribution >= 0.6 is 23.1 Å². The molecule has 0 saturated carbocycles. The van der Waals surface area contributed by atoms with E-state index in [1.54, 1.807) is 20.8 Å². The predicted octanol–water partition coefficient (Wildman–Crippen LogP) is 4.02. The first kappa shape index (κ1) is 21.8. The van der Waals surface area contributed by atoms with Gasteiger partial charge in [-0.1, -0.05) is 23.9 Å². The van der Waals surface area contributed by atoms with E-state index in [0.717, 1.165) is 22.4 Å². The van der Waals surface area contributed by atoms with Crippen molar-refractivity contribution in [3.63, 3.8) is 0 Å². The fourth-order valence-corrected chi connectivity index (χ4v) is 4.67. The van der Waals surface area contributed by atoms with Crippen molar-refractivity contribution in [1.82, 2.24) is 9.97 Å². The Kier molecular flexibility index (Phi) is 6.78. The van der Waals surface area contributed by atoms with Gasteiger partial charge >= 0.3 is 11.9 Å². The van der Waals surface area contributed by atoms with Gasteiger partial charge < -0.3 is 19.8 Å². The largest absolute Gasteiger partial charge is 0.465 e. The van der Waals surface area contributed by atoms with Crippen molar-refractivity contribution < 1.29 is 23.9 Å². The molecule has 8 nitrogen and oxygen atoms in total. The van der Waals surface area contributed by atoms with Gasteiger partial charge in [0.1, 0.15) is 9.88 Å². The number of amides is 1. The van der Waals surface area contributed by atoms with Crippen LogP contribution in [0.1, 0.15) is 39.4 Å². The molecule has 2 aromatic heterocycles. The van der Waals surface area contributed by atoms with Crippen molar-refractivity contribution in [3.05, 3.63) is 40.3 Å². The van der Waals surface area contributed by atoms with Gasteiger partial charge in [0.05, 0.1) is 35.6 Å². The summed E-state index contributed by atoms with van der Waals surface area (Å²) in [6, 6.07) is 7.59. The maximum atomic E-state index is 12.8. The number of carbonyl (C=O) groups is 3. The molecule has 0 bridgehead atoms. The Morgan fingerprint density at radius 1 is 1.27 bits per heavy atom. The molecule has 1 amide bonds. The summed E-state index contributed by atoms with van der Waals surface area (Å²) in [7, 11) is 1.25. The first-order valence-electron chi connectivity index (χ1n) is 9.16. The summed E-state index contributed by atoms with van der Waals surface area (Å²) >= 11 is 2.25. The molecule has 158 valence electrons. The Balaban J connectivity index is 1.81. The Bertz CT molecular complexity index is 1070. The number of H-pyrrole nitrogens is 1. The summed E-state index contributed by atoms with van der Waals surface area (Å²) in [5, 5.41) is 3.10. The molecule has 0 aliphatic rings. The fraction of sp³-hybridized carbons (Fsp3) is 0.300. The normalized spacial score (nSPS) is 11.9. The van der Waals surface area contributed by atoms with E-state index in [2.05, 4.69) is 15.3 Å². The van der Waals surface area contributed by atoms with Crippen LogP contribution in [0.25, 0.3) is 11.0 Å². The van der Waals surface area contributed by atoms with Crippen molar-refractivity contribution in [2.75, 3.05) is 19.0 Å². The van der Waals surface area contributed by atoms with Crippen molar-refractivity contribution in [2.45, 2.75) is 31.2 Å². The molecular formula is C20H21N3O5S2. The van der Waals surface area contributed by atoms with Crippen LogP contribution in [0.4, 0.5) is 5.00 Å². The molecule has 0 radical (unpaired) electrons. The average molecular weight is 448 g/mol. The number of benzene rings is 1. The molecule has 10 heteroatoms. The Labute approximate surface area is 181 Å². The number of nitrogens with zero attached hydrogens (tertiary/aromatic N) is 1. The number of nitrogens with one attached hydrogen (secondary N) is 2. The number of rotatable bonds is 7. The minimum atomic E-state index is -0.632. The number of hydrogen-bond acceptors (Lipinski definition) is 8. The molecule has 1 unspecified atom stereocenters. The maximum absolute atomic E-state index is 12.8. The summed E-state index contributed by atoms with van der Waals surface area (Å²) in [6.07, 6.45) is 0. The lowest BCUT2D eigenvalue weighted by Gasteiger charge is -2.10. The molecule has 0 spiro atoms. The molecule has 0 aliphatic carbocycles. The van der Waals surface area contributed by atoms with Crippen LogP contribution in [0.15, 0.2) is 29.4 Å². The third kappa shape index (κ3) is 4.49. The zero-order valence-electron chi connectivity index (χ0n) is 16.9. The first-order valence-corrected chi connectivity index (χ1v) is 10.9. The Morgan fingerprint density at radius 2 is 2.00 bits per heavy atom. The molecule has 3 aromatic rings. The van der Waals surface area contributed by atoms with Crippen LogP contribution in [-0.2, 0) is 14.3 Å². The number of ether oxygens (including phenoxy) is 2. The highest BCUT2D eigenvalue weighted by atomic mass is 32.2. The molecule has 3 rings (SSSR count). The zero-order chi connectivity index (χ0) is 21.8. The quantitative estimate of drug-likeness (QED) is 0.416. The summed E-state index contributed by atoms with van der Waals surface area (Å²) in [5.74, 6) is -1.51. The third-order valence-electron chi connectivity index (χ3n) is 4.26. The first-order chi connectivity index (χ1) is 14.3. The van der Waals surface area contributed by atoms with Gasteiger partial charge in [-0.05, 0) is 38.5 Å². The van der Waals surface area contributed by atoms with E-state index in [1.165, 1.54) is 18.9 Å². The number of aromatic nitrogens is 2. The Morgan fingerprint density at radius 3 is 2.67 bits per heavy atom. The van der Waals surface area contributed by atoms with Gasteiger partial charge in [0.15, 0.2) is 5.16 Å². The van der Waals surface area contributed by atoms with Gasteiger partial charge in [0.2, 0.25) is 5.91 Å². The lowest BCUT2D eigenvalue weighted by molar-refractivity contribution is -0.115. The molecule has 0 aliphatic heterocycles. The van der Waals surface area contributed by atoms with Gasteiger partial charge in [-0.2, -0.15) is 0 Å². The highest BCUT2D eigenvalue weighted by Gasteiger charge is 2.28. The van der Waals surface area contributed by atoms with Crippen molar-refractivity contribution in [3.8, 4) is 0 Å². The second-order valence-electron chi connectivity index (χ2n) is 6.28.